The Kier molecular flexibility index (Phi) is 5.71. The molecule has 3 heterocycles. The van der Waals surface area contributed by atoms with Crippen LogP contribution >= 0.6 is 0 Å². The highest BCUT2D eigenvalue weighted by Gasteiger charge is 2.29. The molecule has 0 aromatic rings. The van der Waals surface area contributed by atoms with Crippen molar-refractivity contribution in [1.82, 2.24) is 9.80 Å². The average molecular weight is 310 g/mol. The first-order chi connectivity index (χ1) is 10.7. The number of aliphatic hydroxyl groups is 1. The number of piperidine rings is 1. The predicted molar refractivity (Wildman–Crippen MR) is 84.5 cm³/mol. The standard InChI is InChI=1S/C17H30N2O3/c20-16(13-19-7-1-2-17(19)21)12-18-8-3-14(4-9-18)15-5-10-22-11-6-15/h14-16,20H,1-13H2. The third-order valence-corrected chi connectivity index (χ3v) is 5.64. The molecule has 0 saturated carbocycles. The second-order valence-corrected chi connectivity index (χ2v) is 7.18. The lowest BCUT2D eigenvalue weighted by molar-refractivity contribution is -0.129. The van der Waals surface area contributed by atoms with Gasteiger partial charge in [0.1, 0.15) is 0 Å². The molecule has 1 atom stereocenters. The van der Waals surface area contributed by atoms with Crippen LogP contribution in [0.15, 0.2) is 0 Å². The lowest BCUT2D eigenvalue weighted by atomic mass is 9.80. The van der Waals surface area contributed by atoms with Gasteiger partial charge in [0.15, 0.2) is 0 Å². The van der Waals surface area contributed by atoms with Gasteiger partial charge in [-0.25, -0.2) is 0 Å². The van der Waals surface area contributed by atoms with Gasteiger partial charge in [-0.1, -0.05) is 0 Å². The zero-order valence-electron chi connectivity index (χ0n) is 13.6. The number of nitrogens with zero attached hydrogens (tertiary/aromatic N) is 2. The maximum Gasteiger partial charge on any atom is 0.222 e. The van der Waals surface area contributed by atoms with Gasteiger partial charge in [-0.3, -0.25) is 4.79 Å². The summed E-state index contributed by atoms with van der Waals surface area (Å²) in [5.41, 5.74) is 0. The zero-order valence-corrected chi connectivity index (χ0v) is 13.6. The van der Waals surface area contributed by atoms with Crippen LogP contribution in [0.5, 0.6) is 0 Å². The molecule has 3 aliphatic heterocycles. The Morgan fingerprint density at radius 1 is 1.05 bits per heavy atom. The largest absolute Gasteiger partial charge is 0.390 e. The summed E-state index contributed by atoms with van der Waals surface area (Å²) in [7, 11) is 0. The molecule has 0 aliphatic carbocycles. The zero-order chi connectivity index (χ0) is 15.4. The normalized spacial score (nSPS) is 27.5. The Morgan fingerprint density at radius 3 is 2.36 bits per heavy atom. The Labute approximate surface area is 133 Å². The number of amides is 1. The Balaban J connectivity index is 1.37. The van der Waals surface area contributed by atoms with E-state index in [-0.39, 0.29) is 5.91 Å². The minimum atomic E-state index is -0.401. The summed E-state index contributed by atoms with van der Waals surface area (Å²) in [5.74, 6) is 1.90. The molecular weight excluding hydrogens is 280 g/mol. The second-order valence-electron chi connectivity index (χ2n) is 7.18. The fourth-order valence-corrected chi connectivity index (χ4v) is 4.30. The van der Waals surface area contributed by atoms with Gasteiger partial charge in [0, 0.05) is 39.3 Å². The first-order valence-electron chi connectivity index (χ1n) is 8.98. The number of ether oxygens (including phenoxy) is 1. The van der Waals surface area contributed by atoms with E-state index in [4.69, 9.17) is 4.74 Å². The number of rotatable bonds is 5. The molecular formula is C17H30N2O3. The molecule has 0 aromatic carbocycles. The predicted octanol–water partition coefficient (Wildman–Crippen LogP) is 1.11. The molecule has 0 radical (unpaired) electrons. The number of hydrogen-bond acceptors (Lipinski definition) is 4. The summed E-state index contributed by atoms with van der Waals surface area (Å²) in [6.07, 6.45) is 6.15. The lowest BCUT2D eigenvalue weighted by Crippen LogP contribution is -2.44. The minimum Gasteiger partial charge on any atom is -0.390 e. The van der Waals surface area contributed by atoms with Crippen molar-refractivity contribution in [2.24, 2.45) is 11.8 Å². The van der Waals surface area contributed by atoms with Gasteiger partial charge in [-0.2, -0.15) is 0 Å². The van der Waals surface area contributed by atoms with Crippen LogP contribution in [0.25, 0.3) is 0 Å². The third kappa shape index (κ3) is 4.21. The van der Waals surface area contributed by atoms with E-state index in [0.717, 1.165) is 51.1 Å². The average Bonchev–Trinajstić information content (AvgIpc) is 2.94. The van der Waals surface area contributed by atoms with Crippen LogP contribution in [0.3, 0.4) is 0 Å². The van der Waals surface area contributed by atoms with Crippen LogP contribution in [0.2, 0.25) is 0 Å². The topological polar surface area (TPSA) is 53.0 Å². The van der Waals surface area contributed by atoms with Gasteiger partial charge in [0.25, 0.3) is 0 Å². The summed E-state index contributed by atoms with van der Waals surface area (Å²) in [5, 5.41) is 10.2. The summed E-state index contributed by atoms with van der Waals surface area (Å²) in [6.45, 7) is 6.10. The number of hydrogen-bond donors (Lipinski definition) is 1. The third-order valence-electron chi connectivity index (χ3n) is 5.64. The van der Waals surface area contributed by atoms with Crippen molar-refractivity contribution in [3.63, 3.8) is 0 Å². The van der Waals surface area contributed by atoms with Crippen molar-refractivity contribution >= 4 is 5.91 Å². The highest BCUT2D eigenvalue weighted by atomic mass is 16.5. The van der Waals surface area contributed by atoms with Crippen LogP contribution in [-0.2, 0) is 9.53 Å². The van der Waals surface area contributed by atoms with Crippen molar-refractivity contribution in [2.75, 3.05) is 45.9 Å². The molecule has 1 N–H and O–H groups in total. The minimum absolute atomic E-state index is 0.206. The maximum absolute atomic E-state index is 11.6. The van der Waals surface area contributed by atoms with Crippen LogP contribution in [0.1, 0.15) is 38.5 Å². The van der Waals surface area contributed by atoms with Crippen molar-refractivity contribution in [3.8, 4) is 0 Å². The summed E-state index contributed by atoms with van der Waals surface area (Å²) in [4.78, 5) is 15.8. The van der Waals surface area contributed by atoms with Crippen molar-refractivity contribution < 1.29 is 14.6 Å². The SMILES string of the molecule is O=C1CCCN1CC(O)CN1CCC(C2CCOCC2)CC1. The molecule has 5 heteroatoms. The van der Waals surface area contributed by atoms with Crippen molar-refractivity contribution in [3.05, 3.63) is 0 Å². The van der Waals surface area contributed by atoms with Crippen LogP contribution in [-0.4, -0.2) is 72.9 Å². The second kappa shape index (κ2) is 7.75. The number of β-amino-alcohol motifs (C(OH)–C–C–N with tert-alkyl or cyclic N) is 1. The van der Waals surface area contributed by atoms with Gasteiger partial charge < -0.3 is 19.6 Å². The Morgan fingerprint density at radius 2 is 1.73 bits per heavy atom. The number of likely N-dealkylation sites (tertiary alicyclic amines) is 2. The van der Waals surface area contributed by atoms with Crippen LogP contribution in [0, 0.1) is 11.8 Å². The highest BCUT2D eigenvalue weighted by molar-refractivity contribution is 5.78. The first-order valence-corrected chi connectivity index (χ1v) is 8.98. The quantitative estimate of drug-likeness (QED) is 0.826. The van der Waals surface area contributed by atoms with E-state index < -0.39 is 6.10 Å². The first kappa shape index (κ1) is 16.2. The molecule has 0 spiro atoms. The summed E-state index contributed by atoms with van der Waals surface area (Å²) >= 11 is 0. The van der Waals surface area contributed by atoms with Crippen molar-refractivity contribution in [1.29, 1.82) is 0 Å². The van der Waals surface area contributed by atoms with E-state index in [1.54, 1.807) is 0 Å². The smallest absolute Gasteiger partial charge is 0.222 e. The van der Waals surface area contributed by atoms with E-state index in [0.29, 0.717) is 19.5 Å². The van der Waals surface area contributed by atoms with Gasteiger partial charge in [0.2, 0.25) is 5.91 Å². The van der Waals surface area contributed by atoms with Gasteiger partial charge in [-0.15, -0.1) is 0 Å². The molecule has 0 aromatic heterocycles. The van der Waals surface area contributed by atoms with Gasteiger partial charge in [-0.05, 0) is 57.0 Å². The fourth-order valence-electron chi connectivity index (χ4n) is 4.30. The van der Waals surface area contributed by atoms with E-state index >= 15 is 0 Å². The molecule has 0 bridgehead atoms. The fraction of sp³-hybridized carbons (Fsp3) is 0.941. The molecule has 3 aliphatic rings. The molecule has 1 unspecified atom stereocenters. The molecule has 3 saturated heterocycles. The van der Waals surface area contributed by atoms with E-state index in [1.807, 2.05) is 4.90 Å². The summed E-state index contributed by atoms with van der Waals surface area (Å²) in [6, 6.07) is 0. The van der Waals surface area contributed by atoms with Gasteiger partial charge in [0.05, 0.1) is 6.10 Å². The van der Waals surface area contributed by atoms with E-state index in [1.165, 1.54) is 25.7 Å². The monoisotopic (exact) mass is 310 g/mol. The molecule has 5 nitrogen and oxygen atoms in total. The van der Waals surface area contributed by atoms with Gasteiger partial charge >= 0.3 is 0 Å². The number of carbonyl (C=O) groups excluding carboxylic acids is 1. The van der Waals surface area contributed by atoms with Crippen molar-refractivity contribution in [2.45, 2.75) is 44.6 Å². The molecule has 3 rings (SSSR count). The number of carbonyl (C=O) groups is 1. The molecule has 3 fully saturated rings. The Hall–Kier alpha value is -0.650. The van der Waals surface area contributed by atoms with E-state index in [2.05, 4.69) is 4.90 Å². The molecule has 126 valence electrons. The van der Waals surface area contributed by atoms with E-state index in [9.17, 15) is 9.90 Å². The molecule has 1 amide bonds. The lowest BCUT2D eigenvalue weighted by Gasteiger charge is -2.38. The highest BCUT2D eigenvalue weighted by Crippen LogP contribution is 2.31. The number of aliphatic hydroxyl groups excluding tert-OH is 1. The summed E-state index contributed by atoms with van der Waals surface area (Å²) < 4.78 is 5.46. The maximum atomic E-state index is 11.6. The van der Waals surface area contributed by atoms with Crippen LogP contribution in [0.4, 0.5) is 0 Å². The Bertz CT molecular complexity index is 363. The molecule has 22 heavy (non-hydrogen) atoms. The van der Waals surface area contributed by atoms with Crippen LogP contribution < -0.4 is 0 Å².